The molecule has 1 N–H and O–H groups in total. The van der Waals surface area contributed by atoms with Crippen molar-refractivity contribution in [3.05, 3.63) is 41.9 Å². The molecule has 5 rings (SSSR count). The van der Waals surface area contributed by atoms with Crippen LogP contribution in [-0.4, -0.2) is 31.9 Å². The number of methoxy groups -OCH3 is 1. The predicted octanol–water partition coefficient (Wildman–Crippen LogP) is 4.15. The second-order valence-corrected chi connectivity index (χ2v) is 10.1. The number of benzene rings is 1. The molecule has 1 atom stereocenters. The van der Waals surface area contributed by atoms with Gasteiger partial charge >= 0.3 is 5.97 Å². The number of aromatic carboxylic acids is 1. The van der Waals surface area contributed by atoms with Gasteiger partial charge in [0.1, 0.15) is 11.3 Å². The third kappa shape index (κ3) is 3.32. The molecule has 1 heterocycles. The van der Waals surface area contributed by atoms with Crippen LogP contribution in [0.15, 0.2) is 35.1 Å². The van der Waals surface area contributed by atoms with Crippen molar-refractivity contribution in [3.63, 3.8) is 0 Å². The number of hydrogen-bond donors (Lipinski definition) is 1. The SMILES string of the molecule is COc1c(-c2ccoc2)ccc(CS(=O)(=O)C2CC3CCC2CC3)c1C(=O)O. The molecular formula is C21H24O6S. The minimum Gasteiger partial charge on any atom is -0.495 e. The van der Waals surface area contributed by atoms with Crippen molar-refractivity contribution in [1.29, 1.82) is 0 Å². The summed E-state index contributed by atoms with van der Waals surface area (Å²) < 4.78 is 36.9. The van der Waals surface area contributed by atoms with Crippen molar-refractivity contribution >= 4 is 15.8 Å². The van der Waals surface area contributed by atoms with E-state index in [1.807, 2.05) is 0 Å². The van der Waals surface area contributed by atoms with Gasteiger partial charge in [0.25, 0.3) is 0 Å². The Hall–Kier alpha value is -2.28. The number of carboxylic acids is 1. The number of carbonyl (C=O) groups is 1. The lowest BCUT2D eigenvalue weighted by molar-refractivity contribution is 0.0692. The molecule has 3 fully saturated rings. The van der Waals surface area contributed by atoms with Gasteiger partial charge in [0.05, 0.1) is 30.6 Å². The Bertz CT molecular complexity index is 969. The maximum Gasteiger partial charge on any atom is 0.339 e. The van der Waals surface area contributed by atoms with Crippen LogP contribution >= 0.6 is 0 Å². The molecule has 3 aliphatic carbocycles. The van der Waals surface area contributed by atoms with E-state index < -0.39 is 15.8 Å². The summed E-state index contributed by atoms with van der Waals surface area (Å²) in [6, 6.07) is 5.00. The molecule has 0 aliphatic heterocycles. The second kappa shape index (κ2) is 7.28. The lowest BCUT2D eigenvalue weighted by atomic mass is 9.70. The molecule has 3 saturated carbocycles. The van der Waals surface area contributed by atoms with Crippen molar-refractivity contribution in [3.8, 4) is 16.9 Å². The fraction of sp³-hybridized carbons (Fsp3) is 0.476. The predicted molar refractivity (Wildman–Crippen MR) is 104 cm³/mol. The van der Waals surface area contributed by atoms with Crippen molar-refractivity contribution in [2.75, 3.05) is 7.11 Å². The van der Waals surface area contributed by atoms with Crippen molar-refractivity contribution in [2.24, 2.45) is 11.8 Å². The van der Waals surface area contributed by atoms with Gasteiger partial charge in [-0.25, -0.2) is 13.2 Å². The molecule has 0 amide bonds. The summed E-state index contributed by atoms with van der Waals surface area (Å²) in [6.07, 6.45) is 7.85. The highest BCUT2D eigenvalue weighted by atomic mass is 32.2. The first kappa shape index (κ1) is 19.1. The number of fused-ring (bicyclic) bond motifs is 3. The first-order valence-corrected chi connectivity index (χ1v) is 11.3. The molecule has 0 saturated heterocycles. The average Bonchev–Trinajstić information content (AvgIpc) is 3.22. The third-order valence-corrected chi connectivity index (χ3v) is 8.51. The standard InChI is InChI=1S/C21H24O6S/c1-26-20-17(15-8-9-27-11-15)7-6-16(19(20)21(22)23)12-28(24,25)18-10-13-2-4-14(18)5-3-13/h6-9,11,13-14,18H,2-5,10,12H2,1H3,(H,22,23). The zero-order chi connectivity index (χ0) is 19.9. The molecule has 3 aliphatic rings. The van der Waals surface area contributed by atoms with Crippen LogP contribution in [0.5, 0.6) is 5.75 Å². The Morgan fingerprint density at radius 2 is 1.96 bits per heavy atom. The number of rotatable bonds is 6. The van der Waals surface area contributed by atoms with E-state index in [1.54, 1.807) is 18.2 Å². The molecule has 7 heteroatoms. The quantitative estimate of drug-likeness (QED) is 0.777. The van der Waals surface area contributed by atoms with Crippen LogP contribution in [0, 0.1) is 11.8 Å². The minimum absolute atomic E-state index is 0.0919. The molecule has 1 unspecified atom stereocenters. The van der Waals surface area contributed by atoms with Gasteiger partial charge in [-0.15, -0.1) is 0 Å². The lowest BCUT2D eigenvalue weighted by Gasteiger charge is -2.41. The van der Waals surface area contributed by atoms with E-state index in [2.05, 4.69) is 0 Å². The van der Waals surface area contributed by atoms with Gasteiger partial charge in [-0.3, -0.25) is 0 Å². The molecule has 2 aromatic rings. The maximum absolute atomic E-state index is 13.2. The monoisotopic (exact) mass is 404 g/mol. The summed E-state index contributed by atoms with van der Waals surface area (Å²) in [6.45, 7) is 0. The first-order chi connectivity index (χ1) is 13.4. The van der Waals surface area contributed by atoms with Crippen molar-refractivity contribution < 1.29 is 27.5 Å². The Kier molecular flexibility index (Phi) is 4.95. The second-order valence-electron chi connectivity index (χ2n) is 7.86. The molecule has 28 heavy (non-hydrogen) atoms. The highest BCUT2D eigenvalue weighted by molar-refractivity contribution is 7.91. The third-order valence-electron chi connectivity index (χ3n) is 6.29. The summed E-state index contributed by atoms with van der Waals surface area (Å²) in [5, 5.41) is 9.45. The summed E-state index contributed by atoms with van der Waals surface area (Å²) in [4.78, 5) is 12.0. The molecule has 0 spiro atoms. The zero-order valence-corrected chi connectivity index (χ0v) is 16.6. The minimum atomic E-state index is -3.45. The van der Waals surface area contributed by atoms with E-state index in [-0.39, 0.29) is 33.8 Å². The fourth-order valence-corrected chi connectivity index (χ4v) is 7.23. The fourth-order valence-electron chi connectivity index (χ4n) is 4.92. The zero-order valence-electron chi connectivity index (χ0n) is 15.8. The van der Waals surface area contributed by atoms with Gasteiger partial charge in [-0.05, 0) is 42.7 Å². The summed E-state index contributed by atoms with van der Waals surface area (Å²) in [5.41, 5.74) is 1.42. The average molecular weight is 404 g/mol. The van der Waals surface area contributed by atoms with Crippen molar-refractivity contribution in [2.45, 2.75) is 43.1 Å². The number of carboxylic acid groups (broad SMARTS) is 1. The Balaban J connectivity index is 1.72. The molecule has 150 valence electrons. The number of hydrogen-bond acceptors (Lipinski definition) is 5. The van der Waals surface area contributed by atoms with Gasteiger partial charge in [0, 0.05) is 11.1 Å². The van der Waals surface area contributed by atoms with Crippen LogP contribution in [0.3, 0.4) is 0 Å². The summed E-state index contributed by atoms with van der Waals surface area (Å²) in [5.74, 6) is -0.619. The van der Waals surface area contributed by atoms with Crippen LogP contribution in [0.25, 0.3) is 11.1 Å². The normalized spacial score (nSPS) is 24.2. The van der Waals surface area contributed by atoms with Gasteiger partial charge in [-0.1, -0.05) is 25.0 Å². The number of sulfone groups is 1. The van der Waals surface area contributed by atoms with Crippen LogP contribution in [0.2, 0.25) is 0 Å². The largest absolute Gasteiger partial charge is 0.495 e. The Labute approximate surface area is 164 Å². The number of furan rings is 1. The summed E-state index contributed by atoms with van der Waals surface area (Å²) >= 11 is 0. The van der Waals surface area contributed by atoms with E-state index >= 15 is 0 Å². The highest BCUT2D eigenvalue weighted by Gasteiger charge is 2.42. The van der Waals surface area contributed by atoms with Gasteiger partial charge in [0.2, 0.25) is 0 Å². The maximum atomic E-state index is 13.2. The Morgan fingerprint density at radius 3 is 2.50 bits per heavy atom. The highest BCUT2D eigenvalue weighted by Crippen LogP contribution is 2.45. The molecule has 1 aromatic carbocycles. The smallest absolute Gasteiger partial charge is 0.339 e. The van der Waals surface area contributed by atoms with Crippen LogP contribution in [-0.2, 0) is 15.6 Å². The van der Waals surface area contributed by atoms with E-state index in [0.29, 0.717) is 23.5 Å². The number of ether oxygens (including phenoxy) is 1. The van der Waals surface area contributed by atoms with E-state index in [0.717, 1.165) is 25.7 Å². The Morgan fingerprint density at radius 1 is 1.21 bits per heavy atom. The van der Waals surface area contributed by atoms with E-state index in [4.69, 9.17) is 9.15 Å². The van der Waals surface area contributed by atoms with Crippen molar-refractivity contribution in [1.82, 2.24) is 0 Å². The lowest BCUT2D eigenvalue weighted by Crippen LogP contribution is -2.41. The topological polar surface area (TPSA) is 93.8 Å². The molecule has 2 bridgehead atoms. The summed E-state index contributed by atoms with van der Waals surface area (Å²) in [7, 11) is -2.06. The van der Waals surface area contributed by atoms with Gasteiger partial charge in [-0.2, -0.15) is 0 Å². The van der Waals surface area contributed by atoms with Crippen LogP contribution in [0.4, 0.5) is 0 Å². The van der Waals surface area contributed by atoms with E-state index in [9.17, 15) is 18.3 Å². The van der Waals surface area contributed by atoms with E-state index in [1.165, 1.54) is 19.6 Å². The first-order valence-electron chi connectivity index (χ1n) is 9.58. The van der Waals surface area contributed by atoms with Gasteiger partial charge < -0.3 is 14.3 Å². The van der Waals surface area contributed by atoms with Gasteiger partial charge in [0.15, 0.2) is 9.84 Å². The molecule has 0 radical (unpaired) electrons. The molecule has 6 nitrogen and oxygen atoms in total. The molecular weight excluding hydrogens is 380 g/mol. The van der Waals surface area contributed by atoms with Crippen LogP contribution in [0.1, 0.15) is 48.0 Å². The van der Waals surface area contributed by atoms with Crippen LogP contribution < -0.4 is 4.74 Å². The molecule has 1 aromatic heterocycles.